The number of amides is 1. The minimum absolute atomic E-state index is 0.0759. The van der Waals surface area contributed by atoms with Crippen molar-refractivity contribution in [2.45, 2.75) is 32.8 Å². The van der Waals surface area contributed by atoms with Gasteiger partial charge in [-0.05, 0) is 32.9 Å². The number of oxime groups is 1. The van der Waals surface area contributed by atoms with Crippen LogP contribution in [0.2, 0.25) is 0 Å². The van der Waals surface area contributed by atoms with Gasteiger partial charge in [-0.25, -0.2) is 0 Å². The molecule has 0 aromatic heterocycles. The van der Waals surface area contributed by atoms with Crippen LogP contribution in [0.15, 0.2) is 29.4 Å². The number of hydrogen-bond donors (Lipinski definition) is 1. The van der Waals surface area contributed by atoms with Gasteiger partial charge in [0.2, 0.25) is 0 Å². The normalized spacial score (nSPS) is 22.3. The van der Waals surface area contributed by atoms with E-state index in [1.165, 1.54) is 0 Å². The Hall–Kier alpha value is -1.84. The van der Waals surface area contributed by atoms with Crippen LogP contribution in [0.5, 0.6) is 0 Å². The molecule has 1 amide bonds. The monoisotopic (exact) mass is 246 g/mol. The molecule has 0 fully saturated rings. The van der Waals surface area contributed by atoms with Crippen LogP contribution in [-0.2, 0) is 4.84 Å². The molecule has 1 N–H and O–H groups in total. The maximum atomic E-state index is 12.0. The van der Waals surface area contributed by atoms with E-state index in [0.717, 1.165) is 17.7 Å². The SMILES string of the molecule is CC1=NO[C@](C)(CNC(=O)c2cccc(C)c2)C1. The fourth-order valence-electron chi connectivity index (χ4n) is 2.04. The fourth-order valence-corrected chi connectivity index (χ4v) is 2.04. The summed E-state index contributed by atoms with van der Waals surface area (Å²) in [6.07, 6.45) is 0.751. The molecule has 18 heavy (non-hydrogen) atoms. The van der Waals surface area contributed by atoms with E-state index in [1.807, 2.05) is 45.0 Å². The molecule has 96 valence electrons. The molecule has 0 saturated carbocycles. The predicted octanol–water partition coefficient (Wildman–Crippen LogP) is 2.28. The fraction of sp³-hybridized carbons (Fsp3) is 0.429. The summed E-state index contributed by atoms with van der Waals surface area (Å²) in [5.41, 5.74) is 2.30. The summed E-state index contributed by atoms with van der Waals surface area (Å²) in [6.45, 7) is 6.30. The average Bonchev–Trinajstić information content (AvgIpc) is 2.67. The van der Waals surface area contributed by atoms with Crippen molar-refractivity contribution < 1.29 is 9.63 Å². The Morgan fingerprint density at radius 3 is 2.89 bits per heavy atom. The smallest absolute Gasteiger partial charge is 0.251 e. The highest BCUT2D eigenvalue weighted by Gasteiger charge is 2.32. The van der Waals surface area contributed by atoms with Crippen LogP contribution in [0.1, 0.15) is 36.2 Å². The van der Waals surface area contributed by atoms with Crippen molar-refractivity contribution >= 4 is 11.6 Å². The molecule has 0 spiro atoms. The van der Waals surface area contributed by atoms with Gasteiger partial charge in [0.05, 0.1) is 12.3 Å². The van der Waals surface area contributed by atoms with Gasteiger partial charge < -0.3 is 10.2 Å². The molecule has 1 aliphatic heterocycles. The van der Waals surface area contributed by atoms with Gasteiger partial charge in [-0.2, -0.15) is 0 Å². The Labute approximate surface area is 107 Å². The van der Waals surface area contributed by atoms with Crippen LogP contribution in [-0.4, -0.2) is 23.8 Å². The molecule has 1 aliphatic rings. The zero-order valence-electron chi connectivity index (χ0n) is 11.0. The molecule has 0 unspecified atom stereocenters. The Kier molecular flexibility index (Phi) is 3.36. The quantitative estimate of drug-likeness (QED) is 0.889. The molecule has 0 bridgehead atoms. The highest BCUT2D eigenvalue weighted by Crippen LogP contribution is 2.22. The average molecular weight is 246 g/mol. The van der Waals surface area contributed by atoms with Gasteiger partial charge >= 0.3 is 0 Å². The third-order valence-corrected chi connectivity index (χ3v) is 2.95. The number of hydrogen-bond acceptors (Lipinski definition) is 3. The molecule has 4 nitrogen and oxygen atoms in total. The van der Waals surface area contributed by atoms with Crippen LogP contribution in [0.3, 0.4) is 0 Å². The predicted molar refractivity (Wildman–Crippen MR) is 70.7 cm³/mol. The summed E-state index contributed by atoms with van der Waals surface area (Å²) < 4.78 is 0. The molecule has 0 saturated heterocycles. The van der Waals surface area contributed by atoms with Gasteiger partial charge in [-0.1, -0.05) is 22.9 Å². The van der Waals surface area contributed by atoms with E-state index in [9.17, 15) is 4.79 Å². The van der Waals surface area contributed by atoms with Crippen molar-refractivity contribution in [1.29, 1.82) is 0 Å². The molecule has 0 radical (unpaired) electrons. The Bertz CT molecular complexity index is 496. The third-order valence-electron chi connectivity index (χ3n) is 2.95. The van der Waals surface area contributed by atoms with Gasteiger partial charge in [-0.3, -0.25) is 4.79 Å². The molecular weight excluding hydrogens is 228 g/mol. The Balaban J connectivity index is 1.93. The van der Waals surface area contributed by atoms with Gasteiger partial charge in [0.1, 0.15) is 0 Å². The van der Waals surface area contributed by atoms with Gasteiger partial charge in [0.25, 0.3) is 5.91 Å². The van der Waals surface area contributed by atoms with Crippen molar-refractivity contribution in [3.8, 4) is 0 Å². The van der Waals surface area contributed by atoms with Crippen LogP contribution in [0.25, 0.3) is 0 Å². The van der Waals surface area contributed by atoms with Crippen molar-refractivity contribution in [2.24, 2.45) is 5.16 Å². The molecule has 1 aromatic carbocycles. The van der Waals surface area contributed by atoms with E-state index in [2.05, 4.69) is 10.5 Å². The number of nitrogens with zero attached hydrogens (tertiary/aromatic N) is 1. The summed E-state index contributed by atoms with van der Waals surface area (Å²) >= 11 is 0. The van der Waals surface area contributed by atoms with Crippen LogP contribution in [0.4, 0.5) is 0 Å². The van der Waals surface area contributed by atoms with E-state index < -0.39 is 5.60 Å². The lowest BCUT2D eigenvalue weighted by Gasteiger charge is -2.21. The van der Waals surface area contributed by atoms with Crippen molar-refractivity contribution in [1.82, 2.24) is 5.32 Å². The van der Waals surface area contributed by atoms with Gasteiger partial charge in [-0.15, -0.1) is 0 Å². The number of benzene rings is 1. The minimum atomic E-state index is -0.413. The first-order valence-electron chi connectivity index (χ1n) is 6.05. The minimum Gasteiger partial charge on any atom is -0.387 e. The van der Waals surface area contributed by atoms with E-state index in [0.29, 0.717) is 12.1 Å². The van der Waals surface area contributed by atoms with E-state index in [-0.39, 0.29) is 5.91 Å². The zero-order chi connectivity index (χ0) is 13.2. The standard InChI is InChI=1S/C14H18N2O2/c1-10-5-4-6-12(7-10)13(17)15-9-14(3)8-11(2)16-18-14/h4-7H,8-9H2,1-3H3,(H,15,17)/t14-/m0/s1. The van der Waals surface area contributed by atoms with E-state index >= 15 is 0 Å². The van der Waals surface area contributed by atoms with Crippen LogP contribution in [0, 0.1) is 6.92 Å². The summed E-state index contributed by atoms with van der Waals surface area (Å²) in [5, 5.41) is 6.81. The molecule has 0 aliphatic carbocycles. The molecular formula is C14H18N2O2. The number of rotatable bonds is 3. The molecule has 1 aromatic rings. The van der Waals surface area contributed by atoms with Crippen LogP contribution >= 0.6 is 0 Å². The number of aryl methyl sites for hydroxylation is 1. The first-order valence-corrected chi connectivity index (χ1v) is 6.05. The largest absolute Gasteiger partial charge is 0.387 e. The lowest BCUT2D eigenvalue weighted by atomic mass is 10.0. The molecule has 4 heteroatoms. The second-order valence-electron chi connectivity index (χ2n) is 5.10. The third kappa shape index (κ3) is 2.88. The topological polar surface area (TPSA) is 50.7 Å². The summed E-state index contributed by atoms with van der Waals surface area (Å²) in [7, 11) is 0. The molecule has 1 heterocycles. The number of carbonyl (C=O) groups excluding carboxylic acids is 1. The van der Waals surface area contributed by atoms with E-state index in [4.69, 9.17) is 4.84 Å². The summed E-state index contributed by atoms with van der Waals surface area (Å²) in [5.74, 6) is -0.0759. The first kappa shape index (κ1) is 12.6. The Morgan fingerprint density at radius 1 is 1.50 bits per heavy atom. The van der Waals surface area contributed by atoms with Gasteiger partial charge in [0, 0.05) is 12.0 Å². The lowest BCUT2D eigenvalue weighted by molar-refractivity contribution is -0.00181. The van der Waals surface area contributed by atoms with E-state index in [1.54, 1.807) is 0 Å². The van der Waals surface area contributed by atoms with Gasteiger partial charge in [0.15, 0.2) is 5.60 Å². The molecule has 2 rings (SSSR count). The highest BCUT2D eigenvalue weighted by atomic mass is 16.7. The zero-order valence-corrected chi connectivity index (χ0v) is 11.0. The second kappa shape index (κ2) is 4.80. The highest BCUT2D eigenvalue weighted by molar-refractivity contribution is 5.94. The van der Waals surface area contributed by atoms with Crippen molar-refractivity contribution in [2.75, 3.05) is 6.54 Å². The first-order chi connectivity index (χ1) is 8.48. The number of carbonyl (C=O) groups is 1. The Morgan fingerprint density at radius 2 is 2.28 bits per heavy atom. The second-order valence-corrected chi connectivity index (χ2v) is 5.10. The maximum Gasteiger partial charge on any atom is 0.251 e. The molecule has 1 atom stereocenters. The van der Waals surface area contributed by atoms with Crippen molar-refractivity contribution in [3.63, 3.8) is 0 Å². The van der Waals surface area contributed by atoms with Crippen molar-refractivity contribution in [3.05, 3.63) is 35.4 Å². The summed E-state index contributed by atoms with van der Waals surface area (Å²) in [4.78, 5) is 17.3. The number of nitrogens with one attached hydrogen (secondary N) is 1. The van der Waals surface area contributed by atoms with Crippen LogP contribution < -0.4 is 5.32 Å². The maximum absolute atomic E-state index is 12.0. The summed E-state index contributed by atoms with van der Waals surface area (Å²) in [6, 6.07) is 7.53. The lowest BCUT2D eigenvalue weighted by Crippen LogP contribution is -2.40.